The summed E-state index contributed by atoms with van der Waals surface area (Å²) in [7, 11) is 0. The molecule has 15 heavy (non-hydrogen) atoms. The average Bonchev–Trinajstić information content (AvgIpc) is 2.26. The molecule has 0 radical (unpaired) electrons. The summed E-state index contributed by atoms with van der Waals surface area (Å²) in [6.45, 7) is 6.87. The summed E-state index contributed by atoms with van der Waals surface area (Å²) in [4.78, 5) is 13.5. The Hall–Kier alpha value is -0.610. The van der Waals surface area contributed by atoms with Gasteiger partial charge in [0.05, 0.1) is 0 Å². The third kappa shape index (κ3) is 2.49. The maximum absolute atomic E-state index is 11.5. The van der Waals surface area contributed by atoms with Crippen molar-refractivity contribution in [3.05, 3.63) is 0 Å². The molecule has 0 amide bonds. The molecule has 4 nitrogen and oxygen atoms in total. The summed E-state index contributed by atoms with van der Waals surface area (Å²) < 4.78 is 5.26. The maximum atomic E-state index is 11.5. The van der Waals surface area contributed by atoms with Gasteiger partial charge in [-0.05, 0) is 32.4 Å². The number of rotatable bonds is 5. The average molecular weight is 215 g/mol. The van der Waals surface area contributed by atoms with Crippen molar-refractivity contribution >= 4 is 5.97 Å². The third-order valence-electron chi connectivity index (χ3n) is 3.20. The van der Waals surface area contributed by atoms with Crippen LogP contribution < -0.4 is 0 Å². The predicted octanol–water partition coefficient (Wildman–Crippen LogP) is 1.35. The van der Waals surface area contributed by atoms with Crippen LogP contribution in [0, 0.1) is 0 Å². The lowest BCUT2D eigenvalue weighted by molar-refractivity contribution is -0.158. The zero-order valence-corrected chi connectivity index (χ0v) is 9.66. The first-order valence-corrected chi connectivity index (χ1v) is 5.73. The zero-order chi connectivity index (χ0) is 11.3. The van der Waals surface area contributed by atoms with E-state index < -0.39 is 11.5 Å². The fraction of sp³-hybridized carbons (Fsp3) is 0.909. The van der Waals surface area contributed by atoms with Crippen molar-refractivity contribution in [1.29, 1.82) is 0 Å². The summed E-state index contributed by atoms with van der Waals surface area (Å²) in [6, 6.07) is 0. The number of likely N-dealkylation sites (N-methyl/N-ethyl adjacent to an activating group) is 1. The van der Waals surface area contributed by atoms with E-state index in [2.05, 4.69) is 11.8 Å². The number of ether oxygens (including phenoxy) is 1. The van der Waals surface area contributed by atoms with E-state index in [0.717, 1.165) is 19.5 Å². The molecule has 4 heteroatoms. The summed E-state index contributed by atoms with van der Waals surface area (Å²) in [6.07, 6.45) is 2.20. The van der Waals surface area contributed by atoms with Crippen LogP contribution in [0.15, 0.2) is 0 Å². The largest absolute Gasteiger partial charge is 0.480 e. The molecule has 1 aliphatic rings. The molecule has 0 spiro atoms. The Morgan fingerprint density at radius 1 is 1.40 bits per heavy atom. The molecule has 1 N–H and O–H groups in total. The van der Waals surface area contributed by atoms with Gasteiger partial charge in [0.15, 0.2) is 0 Å². The number of hydrogen-bond donors (Lipinski definition) is 1. The number of carboxylic acids is 1. The standard InChI is InChI=1S/C11H21NO3/c1-3-7-12(4-2)11(10(13)14)5-8-15-9-6-11/h3-9H2,1-2H3,(H,13,14). The van der Waals surface area contributed by atoms with E-state index in [9.17, 15) is 9.90 Å². The molecule has 0 saturated carbocycles. The second-order valence-corrected chi connectivity index (χ2v) is 4.03. The molecule has 1 fully saturated rings. The molecule has 1 heterocycles. The number of carboxylic acid groups (broad SMARTS) is 1. The molecular formula is C11H21NO3. The number of hydrogen-bond acceptors (Lipinski definition) is 3. The molecule has 1 aliphatic heterocycles. The quantitative estimate of drug-likeness (QED) is 0.752. The predicted molar refractivity (Wildman–Crippen MR) is 58.0 cm³/mol. The fourth-order valence-electron chi connectivity index (χ4n) is 2.32. The second kappa shape index (κ2) is 5.47. The highest BCUT2D eigenvalue weighted by Gasteiger charge is 2.44. The van der Waals surface area contributed by atoms with Crippen molar-refractivity contribution in [2.45, 2.75) is 38.6 Å². The first-order chi connectivity index (χ1) is 7.17. The van der Waals surface area contributed by atoms with Crippen molar-refractivity contribution < 1.29 is 14.6 Å². The van der Waals surface area contributed by atoms with E-state index >= 15 is 0 Å². The summed E-state index contributed by atoms with van der Waals surface area (Å²) in [5.74, 6) is -0.693. The first-order valence-electron chi connectivity index (χ1n) is 5.73. The van der Waals surface area contributed by atoms with Gasteiger partial charge in [0, 0.05) is 13.2 Å². The molecule has 0 aromatic carbocycles. The Bertz CT molecular complexity index is 212. The lowest BCUT2D eigenvalue weighted by Crippen LogP contribution is -2.57. The van der Waals surface area contributed by atoms with Crippen molar-refractivity contribution in [3.8, 4) is 0 Å². The number of carbonyl (C=O) groups is 1. The molecule has 1 rings (SSSR count). The molecule has 0 bridgehead atoms. The zero-order valence-electron chi connectivity index (χ0n) is 9.66. The minimum Gasteiger partial charge on any atom is -0.480 e. The van der Waals surface area contributed by atoms with Crippen LogP contribution in [-0.4, -0.2) is 47.8 Å². The molecule has 1 saturated heterocycles. The van der Waals surface area contributed by atoms with Crippen molar-refractivity contribution in [3.63, 3.8) is 0 Å². The number of nitrogens with zero attached hydrogens (tertiary/aromatic N) is 1. The van der Waals surface area contributed by atoms with Gasteiger partial charge in [-0.1, -0.05) is 13.8 Å². The summed E-state index contributed by atoms with van der Waals surface area (Å²) in [5.41, 5.74) is -0.678. The SMILES string of the molecule is CCCN(CC)C1(C(=O)O)CCOCC1. The van der Waals surface area contributed by atoms with E-state index in [-0.39, 0.29) is 0 Å². The smallest absolute Gasteiger partial charge is 0.324 e. The lowest BCUT2D eigenvalue weighted by Gasteiger charge is -2.42. The summed E-state index contributed by atoms with van der Waals surface area (Å²) >= 11 is 0. The number of aliphatic carboxylic acids is 1. The van der Waals surface area contributed by atoms with Crippen LogP contribution in [0.1, 0.15) is 33.1 Å². The second-order valence-electron chi connectivity index (χ2n) is 4.03. The Labute approximate surface area is 91.2 Å². The van der Waals surface area contributed by atoms with Crippen molar-refractivity contribution in [1.82, 2.24) is 4.90 Å². The van der Waals surface area contributed by atoms with E-state index in [1.54, 1.807) is 0 Å². The van der Waals surface area contributed by atoms with E-state index in [1.807, 2.05) is 6.92 Å². The van der Waals surface area contributed by atoms with Crippen LogP contribution in [0.5, 0.6) is 0 Å². The molecule has 0 aromatic heterocycles. The molecule has 0 atom stereocenters. The molecular weight excluding hydrogens is 194 g/mol. The molecule has 0 unspecified atom stereocenters. The highest BCUT2D eigenvalue weighted by Crippen LogP contribution is 2.28. The van der Waals surface area contributed by atoms with Crippen molar-refractivity contribution in [2.24, 2.45) is 0 Å². The summed E-state index contributed by atoms with van der Waals surface area (Å²) in [5, 5.41) is 9.42. The van der Waals surface area contributed by atoms with Crippen LogP contribution in [0.25, 0.3) is 0 Å². The van der Waals surface area contributed by atoms with Gasteiger partial charge >= 0.3 is 5.97 Å². The van der Waals surface area contributed by atoms with E-state index in [4.69, 9.17) is 4.74 Å². The Balaban J connectivity index is 2.81. The van der Waals surface area contributed by atoms with Gasteiger partial charge in [-0.15, -0.1) is 0 Å². The minimum absolute atomic E-state index is 0.562. The topological polar surface area (TPSA) is 49.8 Å². The van der Waals surface area contributed by atoms with Crippen molar-refractivity contribution in [2.75, 3.05) is 26.3 Å². The maximum Gasteiger partial charge on any atom is 0.324 e. The highest BCUT2D eigenvalue weighted by molar-refractivity contribution is 5.79. The lowest BCUT2D eigenvalue weighted by atomic mass is 9.88. The van der Waals surface area contributed by atoms with Gasteiger partial charge in [-0.2, -0.15) is 0 Å². The molecule has 88 valence electrons. The third-order valence-corrected chi connectivity index (χ3v) is 3.20. The van der Waals surface area contributed by atoms with Crippen LogP contribution in [0.2, 0.25) is 0 Å². The minimum atomic E-state index is -0.693. The van der Waals surface area contributed by atoms with Gasteiger partial charge in [0.25, 0.3) is 0 Å². The van der Waals surface area contributed by atoms with Gasteiger partial charge < -0.3 is 9.84 Å². The van der Waals surface area contributed by atoms with Crippen LogP contribution >= 0.6 is 0 Å². The van der Waals surface area contributed by atoms with Crippen LogP contribution in [0.3, 0.4) is 0 Å². The normalized spacial score (nSPS) is 20.5. The molecule has 0 aliphatic carbocycles. The molecule has 0 aromatic rings. The van der Waals surface area contributed by atoms with Gasteiger partial charge in [-0.25, -0.2) is 0 Å². The van der Waals surface area contributed by atoms with Gasteiger partial charge in [-0.3, -0.25) is 9.69 Å². The van der Waals surface area contributed by atoms with Crippen LogP contribution in [0.4, 0.5) is 0 Å². The van der Waals surface area contributed by atoms with Crippen LogP contribution in [-0.2, 0) is 9.53 Å². The monoisotopic (exact) mass is 215 g/mol. The fourth-order valence-corrected chi connectivity index (χ4v) is 2.32. The van der Waals surface area contributed by atoms with Gasteiger partial charge in [0.2, 0.25) is 0 Å². The van der Waals surface area contributed by atoms with E-state index in [1.165, 1.54) is 0 Å². The first kappa shape index (κ1) is 12.5. The highest BCUT2D eigenvalue weighted by atomic mass is 16.5. The van der Waals surface area contributed by atoms with E-state index in [0.29, 0.717) is 26.1 Å². The van der Waals surface area contributed by atoms with Gasteiger partial charge in [0.1, 0.15) is 5.54 Å². The Morgan fingerprint density at radius 3 is 2.40 bits per heavy atom. The Morgan fingerprint density at radius 2 is 2.00 bits per heavy atom. The Kier molecular flexibility index (Phi) is 4.54.